The van der Waals surface area contributed by atoms with Gasteiger partial charge in [0.1, 0.15) is 0 Å². The topological polar surface area (TPSA) is 78.9 Å². The van der Waals surface area contributed by atoms with Crippen molar-refractivity contribution in [1.82, 2.24) is 0 Å². The number of hydrogen-bond acceptors (Lipinski definition) is 6. The lowest BCUT2D eigenvalue weighted by atomic mass is 10.4. The van der Waals surface area contributed by atoms with Crippen LogP contribution in [-0.4, -0.2) is 25.3 Å². The molecule has 0 aromatic carbocycles. The third-order valence-electron chi connectivity index (χ3n) is 0.959. The molecule has 0 heterocycles. The van der Waals surface area contributed by atoms with Crippen LogP contribution in [0.2, 0.25) is 0 Å². The van der Waals surface area contributed by atoms with Gasteiger partial charge in [-0.2, -0.15) is 0 Å². The van der Waals surface area contributed by atoms with Crippen LogP contribution in [0, 0.1) is 0 Å². The number of carbonyl (C=O) groups is 1. The standard InChI is InChI=1S/C5H8O6P2/c1-4(6)11-5(2-9-12-7)3-10-13-8/h5H,2-3H2,1H3. The van der Waals surface area contributed by atoms with Gasteiger partial charge in [0, 0.05) is 6.92 Å². The van der Waals surface area contributed by atoms with E-state index < -0.39 is 29.4 Å². The lowest BCUT2D eigenvalue weighted by molar-refractivity contribution is -0.149. The Morgan fingerprint density at radius 1 is 1.23 bits per heavy atom. The summed E-state index contributed by atoms with van der Waals surface area (Å²) in [5, 5.41) is 0. The summed E-state index contributed by atoms with van der Waals surface area (Å²) in [6.07, 6.45) is -0.694. The van der Waals surface area contributed by atoms with Crippen LogP contribution >= 0.6 is 17.4 Å². The summed E-state index contributed by atoms with van der Waals surface area (Å²) in [6, 6.07) is 0. The van der Waals surface area contributed by atoms with Crippen molar-refractivity contribution in [1.29, 1.82) is 0 Å². The second-order valence-electron chi connectivity index (χ2n) is 1.97. The van der Waals surface area contributed by atoms with E-state index in [2.05, 4.69) is 13.8 Å². The van der Waals surface area contributed by atoms with Crippen LogP contribution in [0.15, 0.2) is 0 Å². The summed E-state index contributed by atoms with van der Waals surface area (Å²) in [4.78, 5) is 10.5. The third-order valence-corrected chi connectivity index (χ3v) is 1.47. The molecule has 0 saturated heterocycles. The van der Waals surface area contributed by atoms with E-state index in [1.165, 1.54) is 6.92 Å². The van der Waals surface area contributed by atoms with E-state index in [1.54, 1.807) is 0 Å². The molecular weight excluding hydrogens is 218 g/mol. The fourth-order valence-electron chi connectivity index (χ4n) is 0.578. The lowest BCUT2D eigenvalue weighted by Crippen LogP contribution is -2.25. The Balaban J connectivity index is 3.78. The Labute approximate surface area is 78.1 Å². The highest BCUT2D eigenvalue weighted by atomic mass is 31.1. The summed E-state index contributed by atoms with van der Waals surface area (Å²) in [7, 11) is -1.01. The molecule has 0 amide bonds. The highest BCUT2D eigenvalue weighted by Gasteiger charge is 2.12. The van der Waals surface area contributed by atoms with Gasteiger partial charge in [-0.1, -0.05) is 0 Å². The van der Waals surface area contributed by atoms with E-state index in [0.717, 1.165) is 0 Å². The van der Waals surface area contributed by atoms with E-state index in [0.29, 0.717) is 0 Å². The first-order valence-corrected chi connectivity index (χ1v) is 4.73. The highest BCUT2D eigenvalue weighted by Crippen LogP contribution is 2.04. The maximum Gasteiger partial charge on any atom is 0.327 e. The molecule has 0 bridgehead atoms. The number of hydrogen-bond donors (Lipinski definition) is 0. The summed E-state index contributed by atoms with van der Waals surface area (Å²) in [5.74, 6) is -0.512. The number of rotatable bonds is 7. The van der Waals surface area contributed by atoms with Crippen LogP contribution in [0.1, 0.15) is 6.92 Å². The summed E-state index contributed by atoms with van der Waals surface area (Å²) < 4.78 is 33.4. The first-order valence-electron chi connectivity index (χ1n) is 3.27. The zero-order valence-electron chi connectivity index (χ0n) is 6.84. The van der Waals surface area contributed by atoms with Crippen molar-refractivity contribution >= 4 is 23.3 Å². The van der Waals surface area contributed by atoms with Gasteiger partial charge in [0.25, 0.3) is 0 Å². The normalized spacial score (nSPS) is 13.0. The fourth-order valence-corrected chi connectivity index (χ4v) is 1.03. The maximum absolute atomic E-state index is 10.5. The van der Waals surface area contributed by atoms with Gasteiger partial charge in [-0.3, -0.25) is 13.8 Å². The van der Waals surface area contributed by atoms with Crippen molar-refractivity contribution < 1.29 is 27.7 Å². The Bertz CT molecular complexity index is 172. The fraction of sp³-hybridized carbons (Fsp3) is 0.800. The average Bonchev–Trinajstić information content (AvgIpc) is 2.09. The van der Waals surface area contributed by atoms with Crippen molar-refractivity contribution in [3.8, 4) is 0 Å². The molecule has 6 nitrogen and oxygen atoms in total. The average molecular weight is 226 g/mol. The van der Waals surface area contributed by atoms with E-state index in [4.69, 9.17) is 0 Å². The molecule has 0 radical (unpaired) electrons. The van der Waals surface area contributed by atoms with Gasteiger partial charge in [0.15, 0.2) is 6.10 Å². The van der Waals surface area contributed by atoms with Crippen LogP contribution in [0.4, 0.5) is 0 Å². The number of esters is 1. The van der Waals surface area contributed by atoms with Gasteiger partial charge in [-0.25, -0.2) is 9.13 Å². The van der Waals surface area contributed by atoms with Gasteiger partial charge in [-0.05, 0) is 0 Å². The molecule has 0 unspecified atom stereocenters. The molecule has 0 saturated carbocycles. The predicted octanol–water partition coefficient (Wildman–Crippen LogP) is 1.36. The van der Waals surface area contributed by atoms with Crippen molar-refractivity contribution in [3.05, 3.63) is 0 Å². The molecule has 0 aromatic rings. The van der Waals surface area contributed by atoms with Gasteiger partial charge in [0.05, 0.1) is 13.2 Å². The van der Waals surface area contributed by atoms with Gasteiger partial charge in [-0.15, -0.1) is 0 Å². The molecule has 0 rings (SSSR count). The highest BCUT2D eigenvalue weighted by molar-refractivity contribution is 7.17. The molecule has 0 N–H and O–H groups in total. The molecule has 0 spiro atoms. The smallest absolute Gasteiger partial charge is 0.327 e. The summed E-state index contributed by atoms with van der Waals surface area (Å²) >= 11 is 0. The van der Waals surface area contributed by atoms with Crippen molar-refractivity contribution in [3.63, 3.8) is 0 Å². The molecule has 0 aliphatic carbocycles. The van der Waals surface area contributed by atoms with E-state index in [-0.39, 0.29) is 13.2 Å². The first-order chi connectivity index (χ1) is 6.20. The molecular formula is C5H8O6P2. The zero-order valence-corrected chi connectivity index (χ0v) is 8.62. The molecule has 13 heavy (non-hydrogen) atoms. The molecule has 0 aromatic heterocycles. The molecule has 0 fully saturated rings. The summed E-state index contributed by atoms with van der Waals surface area (Å²) in [5.41, 5.74) is 0. The minimum atomic E-state index is -0.694. The Morgan fingerprint density at radius 2 is 1.69 bits per heavy atom. The second-order valence-corrected chi connectivity index (χ2v) is 2.79. The van der Waals surface area contributed by atoms with Crippen LogP contribution < -0.4 is 0 Å². The quantitative estimate of drug-likeness (QED) is 0.481. The number of ether oxygens (including phenoxy) is 1. The SMILES string of the molecule is CC(=O)OC(COP=O)COP=O. The van der Waals surface area contributed by atoms with Crippen molar-refractivity contribution in [2.75, 3.05) is 13.2 Å². The Kier molecular flexibility index (Phi) is 7.94. The molecule has 0 atom stereocenters. The molecule has 0 aliphatic rings. The third kappa shape index (κ3) is 7.94. The minimum Gasteiger partial charge on any atom is -0.458 e. The van der Waals surface area contributed by atoms with E-state index in [9.17, 15) is 13.9 Å². The van der Waals surface area contributed by atoms with E-state index in [1.807, 2.05) is 0 Å². The number of carbonyl (C=O) groups excluding carboxylic acids is 1. The van der Waals surface area contributed by atoms with Crippen LogP contribution in [0.3, 0.4) is 0 Å². The van der Waals surface area contributed by atoms with Crippen molar-refractivity contribution in [2.24, 2.45) is 0 Å². The molecule has 0 aliphatic heterocycles. The largest absolute Gasteiger partial charge is 0.458 e. The summed E-state index contributed by atoms with van der Waals surface area (Å²) in [6.45, 7) is 1.08. The predicted molar refractivity (Wildman–Crippen MR) is 42.7 cm³/mol. The second kappa shape index (κ2) is 8.20. The lowest BCUT2D eigenvalue weighted by Gasteiger charge is -2.12. The van der Waals surface area contributed by atoms with Gasteiger partial charge in [0.2, 0.25) is 0 Å². The van der Waals surface area contributed by atoms with Crippen LogP contribution in [0.5, 0.6) is 0 Å². The van der Waals surface area contributed by atoms with Crippen LogP contribution in [0.25, 0.3) is 0 Å². The zero-order chi connectivity index (χ0) is 10.1. The molecule has 74 valence electrons. The maximum atomic E-state index is 10.5. The monoisotopic (exact) mass is 226 g/mol. The molecule has 8 heteroatoms. The van der Waals surface area contributed by atoms with E-state index >= 15 is 0 Å². The minimum absolute atomic E-state index is 0.0693. The van der Waals surface area contributed by atoms with Crippen LogP contribution in [-0.2, 0) is 27.7 Å². The Hall–Kier alpha value is -0.410. The van der Waals surface area contributed by atoms with Crippen molar-refractivity contribution in [2.45, 2.75) is 13.0 Å². The van der Waals surface area contributed by atoms with Gasteiger partial charge < -0.3 is 4.74 Å². The first kappa shape index (κ1) is 12.6. The Morgan fingerprint density at radius 3 is 2.00 bits per heavy atom. The van der Waals surface area contributed by atoms with Gasteiger partial charge >= 0.3 is 23.3 Å².